The van der Waals surface area contributed by atoms with Crippen molar-refractivity contribution in [1.82, 2.24) is 19.7 Å². The molecule has 2 aromatic heterocycles. The molecule has 10 heteroatoms. The average molecular weight is 446 g/mol. The first-order valence-corrected chi connectivity index (χ1v) is 10.6. The van der Waals surface area contributed by atoms with Crippen LogP contribution in [-0.2, 0) is 0 Å². The van der Waals surface area contributed by atoms with Gasteiger partial charge in [0.1, 0.15) is 11.0 Å². The van der Waals surface area contributed by atoms with Crippen LogP contribution in [0.25, 0.3) is 11.0 Å². The van der Waals surface area contributed by atoms with E-state index in [2.05, 4.69) is 29.5 Å². The maximum Gasteiger partial charge on any atom is 0.337 e. The molecule has 0 amide bonds. The summed E-state index contributed by atoms with van der Waals surface area (Å²) in [7, 11) is 0. The van der Waals surface area contributed by atoms with Gasteiger partial charge in [0.2, 0.25) is 5.95 Å². The Morgan fingerprint density at radius 2 is 1.94 bits per heavy atom. The van der Waals surface area contributed by atoms with Crippen molar-refractivity contribution in [2.75, 3.05) is 17.2 Å². The number of nitrogens with two attached hydrogens (primary N) is 1. The zero-order chi connectivity index (χ0) is 22.9. The van der Waals surface area contributed by atoms with Gasteiger partial charge in [-0.05, 0) is 44.9 Å². The number of aromatic nitrogens is 4. The van der Waals surface area contributed by atoms with Crippen LogP contribution in [0.15, 0.2) is 18.2 Å². The summed E-state index contributed by atoms with van der Waals surface area (Å²) in [6.07, 6.45) is 0. The molecule has 3 rings (SSSR count). The van der Waals surface area contributed by atoms with E-state index in [9.17, 15) is 9.90 Å². The van der Waals surface area contributed by atoms with Crippen LogP contribution in [-0.4, -0.2) is 43.4 Å². The number of nitrogens with one attached hydrogen (secondary N) is 2. The number of fused-ring (bicyclic) bond motifs is 1. The van der Waals surface area contributed by atoms with Gasteiger partial charge in [0.25, 0.3) is 0 Å². The van der Waals surface area contributed by atoms with E-state index in [4.69, 9.17) is 27.4 Å². The summed E-state index contributed by atoms with van der Waals surface area (Å²) >= 11 is 6.15. The standard InChI is InChI=1S/C21H28ClN7O2/c1-10(2)16-17-18(29(28-16)11(3)4)19(27-21(26-17)24-9-12(5)23)25-13-6-7-14(20(30)31)15(22)8-13/h6-8,10-12H,9,23H2,1-5H3,(H,30,31)(H2,24,25,26,27). The number of aromatic carboxylic acids is 1. The molecule has 0 bridgehead atoms. The number of halogens is 1. The number of benzene rings is 1. The van der Waals surface area contributed by atoms with Gasteiger partial charge in [-0.1, -0.05) is 25.4 Å². The van der Waals surface area contributed by atoms with Crippen molar-refractivity contribution in [3.05, 3.63) is 34.5 Å². The minimum Gasteiger partial charge on any atom is -0.478 e. The van der Waals surface area contributed by atoms with E-state index in [0.29, 0.717) is 24.0 Å². The summed E-state index contributed by atoms with van der Waals surface area (Å²) in [6, 6.07) is 4.69. The second kappa shape index (κ2) is 9.07. The Morgan fingerprint density at radius 3 is 2.48 bits per heavy atom. The van der Waals surface area contributed by atoms with Crippen molar-refractivity contribution in [3.63, 3.8) is 0 Å². The van der Waals surface area contributed by atoms with Gasteiger partial charge in [0.05, 0.1) is 16.3 Å². The predicted molar refractivity (Wildman–Crippen MR) is 124 cm³/mol. The van der Waals surface area contributed by atoms with Gasteiger partial charge in [-0.2, -0.15) is 10.1 Å². The Hall–Kier alpha value is -2.91. The normalized spacial score (nSPS) is 12.5. The Morgan fingerprint density at radius 1 is 1.23 bits per heavy atom. The van der Waals surface area contributed by atoms with E-state index in [-0.39, 0.29) is 28.6 Å². The van der Waals surface area contributed by atoms with E-state index in [0.717, 1.165) is 16.7 Å². The Labute approximate surface area is 186 Å². The van der Waals surface area contributed by atoms with Crippen LogP contribution in [0.4, 0.5) is 17.5 Å². The molecular formula is C21H28ClN7O2. The topological polar surface area (TPSA) is 131 Å². The molecule has 0 fully saturated rings. The van der Waals surface area contributed by atoms with Crippen molar-refractivity contribution in [2.24, 2.45) is 5.73 Å². The third-order valence-corrected chi connectivity index (χ3v) is 4.96. The van der Waals surface area contributed by atoms with Crippen molar-refractivity contribution in [3.8, 4) is 0 Å². The van der Waals surface area contributed by atoms with Crippen LogP contribution in [0.1, 0.15) is 62.6 Å². The molecule has 1 aromatic carbocycles. The first-order chi connectivity index (χ1) is 14.6. The fourth-order valence-corrected chi connectivity index (χ4v) is 3.41. The molecule has 0 aliphatic heterocycles. The highest BCUT2D eigenvalue weighted by Crippen LogP contribution is 2.33. The van der Waals surface area contributed by atoms with Gasteiger partial charge in [0.15, 0.2) is 5.82 Å². The maximum absolute atomic E-state index is 11.3. The van der Waals surface area contributed by atoms with E-state index < -0.39 is 5.97 Å². The largest absolute Gasteiger partial charge is 0.478 e. The molecule has 31 heavy (non-hydrogen) atoms. The smallest absolute Gasteiger partial charge is 0.337 e. The zero-order valence-corrected chi connectivity index (χ0v) is 19.0. The Kier molecular flexibility index (Phi) is 6.66. The van der Waals surface area contributed by atoms with Crippen molar-refractivity contribution in [2.45, 2.75) is 52.6 Å². The van der Waals surface area contributed by atoms with Gasteiger partial charge >= 0.3 is 5.97 Å². The first-order valence-electron chi connectivity index (χ1n) is 10.2. The minimum absolute atomic E-state index is 0.0358. The molecule has 166 valence electrons. The molecule has 0 saturated carbocycles. The van der Waals surface area contributed by atoms with Gasteiger partial charge < -0.3 is 21.5 Å². The van der Waals surface area contributed by atoms with Gasteiger partial charge in [-0.3, -0.25) is 4.68 Å². The number of hydrogen-bond acceptors (Lipinski definition) is 7. The Bertz CT molecular complexity index is 1110. The molecule has 3 aromatic rings. The van der Waals surface area contributed by atoms with Crippen LogP contribution in [0, 0.1) is 0 Å². The summed E-state index contributed by atoms with van der Waals surface area (Å²) in [6.45, 7) is 10.6. The third kappa shape index (κ3) is 4.88. The predicted octanol–water partition coefficient (Wildman–Crippen LogP) is 4.38. The van der Waals surface area contributed by atoms with Gasteiger partial charge in [-0.15, -0.1) is 0 Å². The second-order valence-corrected chi connectivity index (χ2v) is 8.56. The minimum atomic E-state index is -1.08. The highest BCUT2D eigenvalue weighted by Gasteiger charge is 2.22. The average Bonchev–Trinajstić information content (AvgIpc) is 3.06. The number of carboxylic acid groups (broad SMARTS) is 1. The molecule has 0 spiro atoms. The lowest BCUT2D eigenvalue weighted by atomic mass is 10.1. The summed E-state index contributed by atoms with van der Waals surface area (Å²) in [5.41, 5.74) is 8.91. The van der Waals surface area contributed by atoms with E-state index in [1.807, 2.05) is 25.5 Å². The second-order valence-electron chi connectivity index (χ2n) is 8.15. The quantitative estimate of drug-likeness (QED) is 0.401. The van der Waals surface area contributed by atoms with Crippen LogP contribution in [0.5, 0.6) is 0 Å². The van der Waals surface area contributed by atoms with Gasteiger partial charge in [-0.25, -0.2) is 9.78 Å². The fraction of sp³-hybridized carbons (Fsp3) is 0.429. The number of carbonyl (C=O) groups is 1. The van der Waals surface area contributed by atoms with E-state index in [1.165, 1.54) is 6.07 Å². The van der Waals surface area contributed by atoms with Crippen LogP contribution < -0.4 is 16.4 Å². The van der Waals surface area contributed by atoms with Crippen molar-refractivity contribution >= 4 is 46.1 Å². The van der Waals surface area contributed by atoms with Crippen LogP contribution >= 0.6 is 11.6 Å². The number of carboxylic acids is 1. The highest BCUT2D eigenvalue weighted by atomic mass is 35.5. The molecule has 0 saturated heterocycles. The Balaban J connectivity index is 2.17. The number of anilines is 3. The molecule has 5 N–H and O–H groups in total. The van der Waals surface area contributed by atoms with Crippen LogP contribution in [0.2, 0.25) is 5.02 Å². The zero-order valence-electron chi connectivity index (χ0n) is 18.3. The van der Waals surface area contributed by atoms with E-state index >= 15 is 0 Å². The van der Waals surface area contributed by atoms with Crippen LogP contribution in [0.3, 0.4) is 0 Å². The SMILES string of the molecule is CC(N)CNc1nc(Nc2ccc(C(=O)O)c(Cl)c2)c2c(n1)c(C(C)C)nn2C(C)C. The summed E-state index contributed by atoms with van der Waals surface area (Å²) < 4.78 is 1.90. The molecule has 9 nitrogen and oxygen atoms in total. The number of rotatable bonds is 8. The third-order valence-electron chi connectivity index (χ3n) is 4.65. The summed E-state index contributed by atoms with van der Waals surface area (Å²) in [5, 5.41) is 20.6. The van der Waals surface area contributed by atoms with Gasteiger partial charge in [0, 0.05) is 24.3 Å². The van der Waals surface area contributed by atoms with Crippen molar-refractivity contribution < 1.29 is 9.90 Å². The monoisotopic (exact) mass is 445 g/mol. The summed E-state index contributed by atoms with van der Waals surface area (Å²) in [5.74, 6) is 0.0637. The number of nitrogens with zero attached hydrogens (tertiary/aromatic N) is 4. The molecule has 2 heterocycles. The molecule has 0 aliphatic rings. The fourth-order valence-electron chi connectivity index (χ4n) is 3.15. The number of hydrogen-bond donors (Lipinski definition) is 4. The van der Waals surface area contributed by atoms with E-state index in [1.54, 1.807) is 12.1 Å². The molecule has 0 radical (unpaired) electrons. The summed E-state index contributed by atoms with van der Waals surface area (Å²) in [4.78, 5) is 20.7. The molecule has 0 aliphatic carbocycles. The molecule has 1 unspecified atom stereocenters. The maximum atomic E-state index is 11.3. The lowest BCUT2D eigenvalue weighted by Gasteiger charge is -2.14. The lowest BCUT2D eigenvalue weighted by Crippen LogP contribution is -2.26. The first kappa shape index (κ1) is 22.8. The molecule has 1 atom stereocenters. The molecular weight excluding hydrogens is 418 g/mol. The van der Waals surface area contributed by atoms with Crippen molar-refractivity contribution in [1.29, 1.82) is 0 Å². The lowest BCUT2D eigenvalue weighted by molar-refractivity contribution is 0.0697. The highest BCUT2D eigenvalue weighted by molar-refractivity contribution is 6.33.